The third-order valence-electron chi connectivity index (χ3n) is 4.33. The first-order valence-corrected chi connectivity index (χ1v) is 9.98. The number of amides is 1. The van der Waals surface area contributed by atoms with Crippen LogP contribution in [0.25, 0.3) is 0 Å². The Labute approximate surface area is 172 Å². The number of rotatable bonds is 6. The van der Waals surface area contributed by atoms with Crippen molar-refractivity contribution >= 4 is 28.1 Å². The third kappa shape index (κ3) is 4.35. The van der Waals surface area contributed by atoms with E-state index in [1.54, 1.807) is 18.3 Å². The summed E-state index contributed by atoms with van der Waals surface area (Å²) in [7, 11) is 0. The van der Waals surface area contributed by atoms with Gasteiger partial charge in [0.15, 0.2) is 5.76 Å². The Kier molecular flexibility index (Phi) is 5.39. The number of nitrogens with one attached hydrogen (secondary N) is 2. The summed E-state index contributed by atoms with van der Waals surface area (Å²) in [4.78, 5) is 22.7. The van der Waals surface area contributed by atoms with E-state index in [-0.39, 0.29) is 17.7 Å². The highest BCUT2D eigenvalue weighted by Crippen LogP contribution is 2.37. The second-order valence-electron chi connectivity index (χ2n) is 6.57. The predicted octanol–water partition coefficient (Wildman–Crippen LogP) is 5.20. The number of nitrogens with zero attached hydrogens (tertiary/aromatic N) is 2. The van der Waals surface area contributed by atoms with Crippen LogP contribution in [0.3, 0.4) is 0 Å². The molecule has 146 valence electrons. The van der Waals surface area contributed by atoms with Crippen LogP contribution in [-0.2, 0) is 0 Å². The molecule has 1 atom stereocenters. The minimum Gasteiger partial charge on any atom is -0.459 e. The van der Waals surface area contributed by atoms with Crippen LogP contribution in [-0.4, -0.2) is 15.9 Å². The van der Waals surface area contributed by atoms with Gasteiger partial charge in [0.25, 0.3) is 5.91 Å². The molecule has 6 nitrogen and oxygen atoms in total. The van der Waals surface area contributed by atoms with E-state index in [0.717, 1.165) is 32.6 Å². The summed E-state index contributed by atoms with van der Waals surface area (Å²) in [5, 5.41) is 7.20. The summed E-state index contributed by atoms with van der Waals surface area (Å²) < 4.78 is 5.22. The van der Waals surface area contributed by atoms with Gasteiger partial charge in [-0.2, -0.15) is 0 Å². The molecule has 0 aromatic carbocycles. The number of aromatic nitrogens is 2. The largest absolute Gasteiger partial charge is 0.459 e. The van der Waals surface area contributed by atoms with E-state index in [1.807, 2.05) is 50.2 Å². The molecule has 4 aromatic heterocycles. The van der Waals surface area contributed by atoms with E-state index in [2.05, 4.69) is 26.7 Å². The molecule has 0 spiro atoms. The van der Waals surface area contributed by atoms with E-state index < -0.39 is 0 Å². The molecule has 0 fully saturated rings. The quantitative estimate of drug-likeness (QED) is 0.462. The third-order valence-corrected chi connectivity index (χ3v) is 5.31. The standard InChI is InChI=1S/C22H20N4O2S/c1-14-7-5-10-19(24-14)25-20(17-8-3-4-11-23-17)16-13-15(2)29-22(16)26-21(27)18-9-6-12-28-18/h3-13,20H,1-2H3,(H,24,25)(H,26,27)/t20-/m1/s1. The molecule has 0 unspecified atom stereocenters. The normalized spacial score (nSPS) is 11.8. The lowest BCUT2D eigenvalue weighted by Gasteiger charge is -2.20. The van der Waals surface area contributed by atoms with Crippen molar-refractivity contribution in [2.75, 3.05) is 10.6 Å². The van der Waals surface area contributed by atoms with Crippen molar-refractivity contribution in [1.29, 1.82) is 0 Å². The molecule has 0 radical (unpaired) electrons. The van der Waals surface area contributed by atoms with Gasteiger partial charge in [0.2, 0.25) is 0 Å². The first-order valence-electron chi connectivity index (χ1n) is 9.16. The highest BCUT2D eigenvalue weighted by Gasteiger charge is 2.23. The fraction of sp³-hybridized carbons (Fsp3) is 0.136. The summed E-state index contributed by atoms with van der Waals surface area (Å²) in [5.41, 5.74) is 2.68. The van der Waals surface area contributed by atoms with E-state index in [4.69, 9.17) is 4.42 Å². The lowest BCUT2D eigenvalue weighted by atomic mass is 10.0. The number of hydrogen-bond acceptors (Lipinski definition) is 6. The molecule has 2 N–H and O–H groups in total. The Bertz CT molecular complexity index is 1110. The molecule has 0 aliphatic heterocycles. The molecular weight excluding hydrogens is 384 g/mol. The van der Waals surface area contributed by atoms with Crippen molar-refractivity contribution in [3.8, 4) is 0 Å². The molecule has 0 saturated carbocycles. The van der Waals surface area contributed by atoms with Crippen molar-refractivity contribution < 1.29 is 9.21 Å². The average molecular weight is 404 g/mol. The summed E-state index contributed by atoms with van der Waals surface area (Å²) in [6.07, 6.45) is 3.24. The number of carbonyl (C=O) groups is 1. The van der Waals surface area contributed by atoms with Crippen LogP contribution in [0.15, 0.2) is 71.5 Å². The summed E-state index contributed by atoms with van der Waals surface area (Å²) in [6.45, 7) is 3.96. The predicted molar refractivity (Wildman–Crippen MR) is 114 cm³/mol. The Morgan fingerprint density at radius 1 is 1.10 bits per heavy atom. The van der Waals surface area contributed by atoms with Gasteiger partial charge in [0.05, 0.1) is 18.0 Å². The fourth-order valence-corrected chi connectivity index (χ4v) is 3.99. The average Bonchev–Trinajstić information content (AvgIpc) is 3.37. The van der Waals surface area contributed by atoms with Gasteiger partial charge in [-0.05, 0) is 56.3 Å². The molecule has 29 heavy (non-hydrogen) atoms. The number of carbonyl (C=O) groups excluding carboxylic acids is 1. The Morgan fingerprint density at radius 2 is 2.00 bits per heavy atom. The fourth-order valence-electron chi connectivity index (χ4n) is 3.05. The molecule has 0 aliphatic carbocycles. The second kappa shape index (κ2) is 8.28. The van der Waals surface area contributed by atoms with Gasteiger partial charge < -0.3 is 15.1 Å². The first kappa shape index (κ1) is 18.9. The van der Waals surface area contributed by atoms with Gasteiger partial charge in [-0.1, -0.05) is 12.1 Å². The minimum absolute atomic E-state index is 0.268. The van der Waals surface area contributed by atoms with Crippen LogP contribution in [0.2, 0.25) is 0 Å². The van der Waals surface area contributed by atoms with Gasteiger partial charge in [-0.25, -0.2) is 4.98 Å². The number of pyridine rings is 2. The van der Waals surface area contributed by atoms with Crippen LogP contribution < -0.4 is 10.6 Å². The van der Waals surface area contributed by atoms with E-state index in [0.29, 0.717) is 0 Å². The van der Waals surface area contributed by atoms with Crippen LogP contribution in [0.1, 0.15) is 38.4 Å². The maximum Gasteiger partial charge on any atom is 0.291 e. The molecule has 7 heteroatoms. The summed E-state index contributed by atoms with van der Waals surface area (Å²) >= 11 is 1.51. The summed E-state index contributed by atoms with van der Waals surface area (Å²) in [5.74, 6) is 0.726. The SMILES string of the molecule is Cc1cccc(N[C@@H](c2ccccn2)c2cc(C)sc2NC(=O)c2ccco2)n1. The zero-order valence-corrected chi connectivity index (χ0v) is 16.9. The van der Waals surface area contributed by atoms with E-state index >= 15 is 0 Å². The number of hydrogen-bond donors (Lipinski definition) is 2. The monoisotopic (exact) mass is 404 g/mol. The van der Waals surface area contributed by atoms with Crippen LogP contribution in [0.5, 0.6) is 0 Å². The van der Waals surface area contributed by atoms with Crippen molar-refractivity contribution in [3.05, 3.63) is 94.6 Å². The zero-order chi connectivity index (χ0) is 20.2. The Balaban J connectivity index is 1.72. The maximum absolute atomic E-state index is 12.6. The number of aryl methyl sites for hydroxylation is 2. The van der Waals surface area contributed by atoms with Gasteiger partial charge in [0, 0.05) is 22.3 Å². The van der Waals surface area contributed by atoms with Gasteiger partial charge in [-0.3, -0.25) is 9.78 Å². The molecule has 0 bridgehead atoms. The van der Waals surface area contributed by atoms with Crippen LogP contribution in [0, 0.1) is 13.8 Å². The molecule has 4 rings (SSSR count). The molecule has 4 aromatic rings. The molecule has 0 aliphatic rings. The Hall–Kier alpha value is -3.45. The second-order valence-corrected chi connectivity index (χ2v) is 7.83. The smallest absolute Gasteiger partial charge is 0.291 e. The molecule has 1 amide bonds. The van der Waals surface area contributed by atoms with E-state index in [1.165, 1.54) is 17.6 Å². The molecule has 4 heterocycles. The number of furan rings is 1. The summed E-state index contributed by atoms with van der Waals surface area (Å²) in [6, 6.07) is 16.7. The van der Waals surface area contributed by atoms with Gasteiger partial charge >= 0.3 is 0 Å². The highest BCUT2D eigenvalue weighted by molar-refractivity contribution is 7.16. The van der Waals surface area contributed by atoms with Crippen LogP contribution in [0.4, 0.5) is 10.8 Å². The first-order chi connectivity index (χ1) is 14.1. The van der Waals surface area contributed by atoms with Crippen LogP contribution >= 0.6 is 11.3 Å². The van der Waals surface area contributed by atoms with Gasteiger partial charge in [0.1, 0.15) is 10.8 Å². The Morgan fingerprint density at radius 3 is 2.72 bits per heavy atom. The highest BCUT2D eigenvalue weighted by atomic mass is 32.1. The van der Waals surface area contributed by atoms with Crippen molar-refractivity contribution in [1.82, 2.24) is 9.97 Å². The van der Waals surface area contributed by atoms with Gasteiger partial charge in [-0.15, -0.1) is 11.3 Å². The number of anilines is 2. The van der Waals surface area contributed by atoms with E-state index in [9.17, 15) is 4.79 Å². The van der Waals surface area contributed by atoms with Crippen molar-refractivity contribution in [2.24, 2.45) is 0 Å². The van der Waals surface area contributed by atoms with Crippen molar-refractivity contribution in [2.45, 2.75) is 19.9 Å². The lowest BCUT2D eigenvalue weighted by Crippen LogP contribution is -2.17. The zero-order valence-electron chi connectivity index (χ0n) is 16.0. The topological polar surface area (TPSA) is 80.0 Å². The molecular formula is C22H20N4O2S. The molecule has 0 saturated heterocycles. The number of thiophene rings is 1. The minimum atomic E-state index is -0.286. The lowest BCUT2D eigenvalue weighted by molar-refractivity contribution is 0.0997. The maximum atomic E-state index is 12.6. The van der Waals surface area contributed by atoms with Crippen molar-refractivity contribution in [3.63, 3.8) is 0 Å².